The van der Waals surface area contributed by atoms with E-state index in [1.54, 1.807) is 0 Å². The molecule has 0 saturated heterocycles. The molecule has 0 rings (SSSR count). The van der Waals surface area contributed by atoms with Gasteiger partial charge in [0, 0.05) is 6.61 Å². The number of ether oxygens (including phenoxy) is 1. The quantitative estimate of drug-likeness (QED) is 0.575. The van der Waals surface area contributed by atoms with Crippen LogP contribution in [0.25, 0.3) is 0 Å². The maximum absolute atomic E-state index is 5.48. The van der Waals surface area contributed by atoms with Gasteiger partial charge >= 0.3 is 0 Å². The second-order valence-electron chi connectivity index (χ2n) is 2.95. The molecule has 0 N–H and O–H groups in total. The highest BCUT2D eigenvalue weighted by Crippen LogP contribution is 2.04. The molecule has 0 saturated carbocycles. The molecule has 0 aliphatic rings. The van der Waals surface area contributed by atoms with Gasteiger partial charge in [-0.1, -0.05) is 27.2 Å². The molecule has 1 heteroatoms. The van der Waals surface area contributed by atoms with E-state index in [4.69, 9.17) is 4.74 Å². The van der Waals surface area contributed by atoms with Crippen molar-refractivity contribution in [3.63, 3.8) is 0 Å². The van der Waals surface area contributed by atoms with Gasteiger partial charge in [-0.3, -0.25) is 0 Å². The number of hydrogen-bond donors (Lipinski definition) is 0. The molecule has 0 heterocycles. The van der Waals surface area contributed by atoms with Crippen LogP contribution in [0.4, 0.5) is 0 Å². The SMILES string of the molecule is [CH2]CC(C)OCC(C)CC. The summed E-state index contributed by atoms with van der Waals surface area (Å²) >= 11 is 0. The molecule has 0 spiro atoms. The van der Waals surface area contributed by atoms with Crippen LogP contribution in [0.2, 0.25) is 0 Å². The largest absolute Gasteiger partial charge is 0.378 e. The van der Waals surface area contributed by atoms with E-state index < -0.39 is 0 Å². The maximum atomic E-state index is 5.48. The Labute approximate surface area is 64.8 Å². The smallest absolute Gasteiger partial charge is 0.0547 e. The van der Waals surface area contributed by atoms with Crippen LogP contribution in [0.5, 0.6) is 0 Å². The Hall–Kier alpha value is -0.0400. The summed E-state index contributed by atoms with van der Waals surface area (Å²) in [7, 11) is 0. The van der Waals surface area contributed by atoms with Gasteiger partial charge in [0.15, 0.2) is 0 Å². The fraction of sp³-hybridized carbons (Fsp3) is 0.889. The van der Waals surface area contributed by atoms with E-state index in [0.717, 1.165) is 13.0 Å². The first kappa shape index (κ1) is 9.96. The van der Waals surface area contributed by atoms with Crippen molar-refractivity contribution >= 4 is 0 Å². The molecule has 1 nitrogen and oxygen atoms in total. The van der Waals surface area contributed by atoms with Crippen molar-refractivity contribution < 1.29 is 4.74 Å². The van der Waals surface area contributed by atoms with E-state index in [-0.39, 0.29) is 0 Å². The topological polar surface area (TPSA) is 9.23 Å². The van der Waals surface area contributed by atoms with Gasteiger partial charge in [0.2, 0.25) is 0 Å². The van der Waals surface area contributed by atoms with Crippen LogP contribution in [0.3, 0.4) is 0 Å². The Morgan fingerprint density at radius 2 is 2.00 bits per heavy atom. The first-order chi connectivity index (χ1) is 4.70. The first-order valence-corrected chi connectivity index (χ1v) is 4.11. The van der Waals surface area contributed by atoms with Crippen LogP contribution in [0.1, 0.15) is 33.6 Å². The summed E-state index contributed by atoms with van der Waals surface area (Å²) in [6.07, 6.45) is 2.40. The van der Waals surface area contributed by atoms with E-state index in [2.05, 4.69) is 27.7 Å². The van der Waals surface area contributed by atoms with Crippen molar-refractivity contribution in [3.8, 4) is 0 Å². The van der Waals surface area contributed by atoms with Gasteiger partial charge in [-0.2, -0.15) is 0 Å². The Bertz CT molecular complexity index is 61.1. The van der Waals surface area contributed by atoms with Gasteiger partial charge in [-0.05, 0) is 19.3 Å². The zero-order chi connectivity index (χ0) is 7.98. The molecular weight excluding hydrogens is 124 g/mol. The van der Waals surface area contributed by atoms with Gasteiger partial charge in [0.25, 0.3) is 0 Å². The fourth-order valence-corrected chi connectivity index (χ4v) is 0.530. The van der Waals surface area contributed by atoms with Gasteiger partial charge in [0.1, 0.15) is 0 Å². The number of hydrogen-bond acceptors (Lipinski definition) is 1. The normalized spacial score (nSPS) is 16.8. The molecule has 0 fully saturated rings. The summed E-state index contributed by atoms with van der Waals surface area (Å²) in [5, 5.41) is 0. The summed E-state index contributed by atoms with van der Waals surface area (Å²) in [5.74, 6) is 0.689. The highest BCUT2D eigenvalue weighted by atomic mass is 16.5. The molecule has 0 aliphatic carbocycles. The third kappa shape index (κ3) is 4.80. The molecule has 2 atom stereocenters. The van der Waals surface area contributed by atoms with Gasteiger partial charge in [0.05, 0.1) is 6.10 Å². The molecule has 0 bridgehead atoms. The van der Waals surface area contributed by atoms with Crippen molar-refractivity contribution in [2.75, 3.05) is 6.61 Å². The van der Waals surface area contributed by atoms with Crippen LogP contribution < -0.4 is 0 Å². The maximum Gasteiger partial charge on any atom is 0.0547 e. The van der Waals surface area contributed by atoms with Gasteiger partial charge < -0.3 is 4.74 Å². The second kappa shape index (κ2) is 5.72. The predicted molar refractivity (Wildman–Crippen MR) is 44.8 cm³/mol. The fourth-order valence-electron chi connectivity index (χ4n) is 0.530. The highest BCUT2D eigenvalue weighted by molar-refractivity contribution is 4.53. The van der Waals surface area contributed by atoms with Crippen molar-refractivity contribution in [2.45, 2.75) is 39.7 Å². The molecule has 0 amide bonds. The standard InChI is InChI=1S/C9H19O/c1-5-8(3)7-10-9(4)6-2/h8-9H,2,5-7H2,1,3-4H3. The Morgan fingerprint density at radius 1 is 1.40 bits per heavy atom. The van der Waals surface area contributed by atoms with Crippen LogP contribution in [-0.2, 0) is 4.74 Å². The summed E-state index contributed by atoms with van der Waals surface area (Å²) < 4.78 is 5.48. The molecule has 0 aromatic rings. The lowest BCUT2D eigenvalue weighted by molar-refractivity contribution is 0.0447. The predicted octanol–water partition coefficient (Wildman–Crippen LogP) is 2.66. The highest BCUT2D eigenvalue weighted by Gasteiger charge is 2.01. The molecule has 0 aromatic heterocycles. The van der Waals surface area contributed by atoms with Crippen molar-refractivity contribution in [3.05, 3.63) is 6.92 Å². The molecule has 0 aliphatic heterocycles. The molecule has 0 aromatic carbocycles. The zero-order valence-corrected chi connectivity index (χ0v) is 7.39. The summed E-state index contributed by atoms with van der Waals surface area (Å²) in [6.45, 7) is 11.1. The average Bonchev–Trinajstić information content (AvgIpc) is 1.99. The molecule has 61 valence electrons. The minimum Gasteiger partial charge on any atom is -0.378 e. The minimum atomic E-state index is 0.328. The van der Waals surface area contributed by atoms with Crippen LogP contribution >= 0.6 is 0 Å². The lowest BCUT2D eigenvalue weighted by Gasteiger charge is -2.13. The molecular formula is C9H19O. The lowest BCUT2D eigenvalue weighted by Crippen LogP contribution is -2.12. The first-order valence-electron chi connectivity index (χ1n) is 4.11. The summed E-state index contributed by atoms with van der Waals surface area (Å²) in [5.41, 5.74) is 0. The summed E-state index contributed by atoms with van der Waals surface area (Å²) in [4.78, 5) is 0. The monoisotopic (exact) mass is 143 g/mol. The van der Waals surface area contributed by atoms with Crippen molar-refractivity contribution in [2.24, 2.45) is 5.92 Å². The third-order valence-electron chi connectivity index (χ3n) is 1.77. The number of rotatable bonds is 5. The van der Waals surface area contributed by atoms with Crippen molar-refractivity contribution in [1.82, 2.24) is 0 Å². The molecule has 1 radical (unpaired) electrons. The van der Waals surface area contributed by atoms with E-state index in [9.17, 15) is 0 Å². The zero-order valence-electron chi connectivity index (χ0n) is 7.39. The Morgan fingerprint density at radius 3 is 2.40 bits per heavy atom. The third-order valence-corrected chi connectivity index (χ3v) is 1.77. The van der Waals surface area contributed by atoms with Gasteiger partial charge in [-0.15, -0.1) is 0 Å². The minimum absolute atomic E-state index is 0.328. The van der Waals surface area contributed by atoms with Crippen LogP contribution in [0, 0.1) is 12.8 Å². The second-order valence-corrected chi connectivity index (χ2v) is 2.95. The Balaban J connectivity index is 3.17. The van der Waals surface area contributed by atoms with Crippen LogP contribution in [-0.4, -0.2) is 12.7 Å². The lowest BCUT2D eigenvalue weighted by atomic mass is 10.1. The molecule has 2 unspecified atom stereocenters. The average molecular weight is 143 g/mol. The van der Waals surface area contributed by atoms with E-state index in [0.29, 0.717) is 12.0 Å². The van der Waals surface area contributed by atoms with E-state index >= 15 is 0 Å². The van der Waals surface area contributed by atoms with E-state index in [1.165, 1.54) is 6.42 Å². The van der Waals surface area contributed by atoms with Crippen LogP contribution in [0.15, 0.2) is 0 Å². The summed E-state index contributed by atoms with van der Waals surface area (Å²) in [6, 6.07) is 0. The Kier molecular flexibility index (Phi) is 5.70. The molecule has 10 heavy (non-hydrogen) atoms. The van der Waals surface area contributed by atoms with E-state index in [1.807, 2.05) is 0 Å². The van der Waals surface area contributed by atoms with Gasteiger partial charge in [-0.25, -0.2) is 0 Å². The van der Waals surface area contributed by atoms with Crippen molar-refractivity contribution in [1.29, 1.82) is 0 Å².